The number of unbranched alkanes of at least 4 members (excludes halogenated alkanes) is 1. The Balaban J connectivity index is 3.37. The molecule has 4 heteroatoms. The van der Waals surface area contributed by atoms with Gasteiger partial charge in [0.2, 0.25) is 0 Å². The Hall–Kier alpha value is -0.610. The second-order valence-corrected chi connectivity index (χ2v) is 3.36. The fraction of sp³-hybridized carbons (Fsp3) is 0.900. The number of carbonyl (C=O) groups is 1. The van der Waals surface area contributed by atoms with Gasteiger partial charge in [0.15, 0.2) is 0 Å². The van der Waals surface area contributed by atoms with E-state index in [9.17, 15) is 4.79 Å². The summed E-state index contributed by atoms with van der Waals surface area (Å²) in [6.07, 6.45) is 2.72. The van der Waals surface area contributed by atoms with Crippen LogP contribution in [0, 0.1) is 0 Å². The lowest BCUT2D eigenvalue weighted by molar-refractivity contribution is -0.137. The number of carboxylic acids is 1. The highest BCUT2D eigenvalue weighted by molar-refractivity contribution is 5.66. The van der Waals surface area contributed by atoms with Gasteiger partial charge in [-0.2, -0.15) is 0 Å². The van der Waals surface area contributed by atoms with Crippen molar-refractivity contribution < 1.29 is 15.0 Å². The molecule has 0 heterocycles. The normalized spacial score (nSPS) is 10.8. The molecule has 0 spiro atoms. The van der Waals surface area contributed by atoms with Crippen molar-refractivity contribution in [2.45, 2.75) is 32.6 Å². The maximum atomic E-state index is 10.2. The average Bonchev–Trinajstić information content (AvgIpc) is 2.16. The molecular formula is C10H21NO3. The molecule has 0 aromatic rings. The van der Waals surface area contributed by atoms with Gasteiger partial charge in [-0.25, -0.2) is 0 Å². The van der Waals surface area contributed by atoms with Gasteiger partial charge in [-0.15, -0.1) is 0 Å². The summed E-state index contributed by atoms with van der Waals surface area (Å²) >= 11 is 0. The first-order valence-electron chi connectivity index (χ1n) is 5.25. The smallest absolute Gasteiger partial charge is 0.303 e. The van der Waals surface area contributed by atoms with Crippen LogP contribution in [0.4, 0.5) is 0 Å². The Bertz CT molecular complexity index is 150. The summed E-state index contributed by atoms with van der Waals surface area (Å²) in [6.45, 7) is 5.11. The molecule has 14 heavy (non-hydrogen) atoms. The molecule has 0 amide bonds. The van der Waals surface area contributed by atoms with Crippen LogP contribution in [0.15, 0.2) is 0 Å². The van der Waals surface area contributed by atoms with E-state index in [1.807, 2.05) is 0 Å². The number of aliphatic hydroxyl groups excluding tert-OH is 1. The molecule has 0 aromatic carbocycles. The van der Waals surface area contributed by atoms with Crippen LogP contribution < -0.4 is 0 Å². The first kappa shape index (κ1) is 13.4. The maximum Gasteiger partial charge on any atom is 0.303 e. The fourth-order valence-corrected chi connectivity index (χ4v) is 1.33. The lowest BCUT2D eigenvalue weighted by atomic mass is 10.2. The van der Waals surface area contributed by atoms with E-state index in [1.165, 1.54) is 0 Å². The minimum absolute atomic E-state index is 0.228. The highest BCUT2D eigenvalue weighted by atomic mass is 16.4. The molecule has 0 fully saturated rings. The molecule has 84 valence electrons. The van der Waals surface area contributed by atoms with E-state index in [1.54, 1.807) is 0 Å². The molecule has 0 radical (unpaired) electrons. The predicted octanol–water partition coefficient (Wildman–Crippen LogP) is 0.946. The number of aliphatic carboxylic acids is 1. The molecular weight excluding hydrogens is 182 g/mol. The number of hydrogen-bond donors (Lipinski definition) is 2. The molecule has 0 rings (SSSR count). The van der Waals surface area contributed by atoms with Crippen molar-refractivity contribution in [3.63, 3.8) is 0 Å². The summed E-state index contributed by atoms with van der Waals surface area (Å²) in [5.74, 6) is -0.719. The van der Waals surface area contributed by atoms with Gasteiger partial charge in [0.25, 0.3) is 0 Å². The van der Waals surface area contributed by atoms with Crippen molar-refractivity contribution in [2.75, 3.05) is 26.2 Å². The van der Waals surface area contributed by atoms with Crippen molar-refractivity contribution in [3.8, 4) is 0 Å². The van der Waals surface area contributed by atoms with Crippen molar-refractivity contribution in [3.05, 3.63) is 0 Å². The Morgan fingerprint density at radius 3 is 2.36 bits per heavy atom. The fourth-order valence-electron chi connectivity index (χ4n) is 1.33. The molecule has 0 aromatic heterocycles. The van der Waals surface area contributed by atoms with Crippen LogP contribution >= 0.6 is 0 Å². The topological polar surface area (TPSA) is 60.8 Å². The molecule has 2 N–H and O–H groups in total. The second kappa shape index (κ2) is 8.97. The van der Waals surface area contributed by atoms with Gasteiger partial charge in [0, 0.05) is 19.6 Å². The summed E-state index contributed by atoms with van der Waals surface area (Å²) in [4.78, 5) is 12.5. The number of carboxylic acid groups (broad SMARTS) is 1. The lowest BCUT2D eigenvalue weighted by Gasteiger charge is -2.19. The van der Waals surface area contributed by atoms with E-state index in [0.717, 1.165) is 38.9 Å². The van der Waals surface area contributed by atoms with Crippen molar-refractivity contribution in [1.82, 2.24) is 4.90 Å². The van der Waals surface area contributed by atoms with E-state index in [0.29, 0.717) is 0 Å². The summed E-state index contributed by atoms with van der Waals surface area (Å²) in [6, 6.07) is 0. The minimum Gasteiger partial charge on any atom is -0.481 e. The SMILES string of the molecule is CCN(CCCO)CCCCC(=O)O. The molecule has 0 bridgehead atoms. The van der Waals surface area contributed by atoms with Crippen molar-refractivity contribution in [2.24, 2.45) is 0 Å². The molecule has 0 aliphatic rings. The first-order valence-corrected chi connectivity index (χ1v) is 5.25. The summed E-state index contributed by atoms with van der Waals surface area (Å²) in [5, 5.41) is 17.1. The van der Waals surface area contributed by atoms with E-state index in [2.05, 4.69) is 11.8 Å². The highest BCUT2D eigenvalue weighted by Gasteiger charge is 2.02. The van der Waals surface area contributed by atoms with E-state index >= 15 is 0 Å². The third kappa shape index (κ3) is 8.01. The number of aliphatic hydroxyl groups is 1. The monoisotopic (exact) mass is 203 g/mol. The van der Waals surface area contributed by atoms with E-state index in [4.69, 9.17) is 10.2 Å². The zero-order valence-corrected chi connectivity index (χ0v) is 8.91. The Morgan fingerprint density at radius 1 is 1.21 bits per heavy atom. The van der Waals surface area contributed by atoms with Crippen molar-refractivity contribution in [1.29, 1.82) is 0 Å². The molecule has 4 nitrogen and oxygen atoms in total. The van der Waals surface area contributed by atoms with Crippen LogP contribution in [0.3, 0.4) is 0 Å². The van der Waals surface area contributed by atoms with Crippen LogP contribution in [0.25, 0.3) is 0 Å². The summed E-state index contributed by atoms with van der Waals surface area (Å²) in [7, 11) is 0. The minimum atomic E-state index is -0.719. The van der Waals surface area contributed by atoms with Gasteiger partial charge >= 0.3 is 5.97 Å². The molecule has 0 aliphatic heterocycles. The van der Waals surface area contributed by atoms with E-state index < -0.39 is 5.97 Å². The van der Waals surface area contributed by atoms with Gasteiger partial charge in [0.1, 0.15) is 0 Å². The predicted molar refractivity (Wildman–Crippen MR) is 55.3 cm³/mol. The zero-order chi connectivity index (χ0) is 10.8. The Labute approximate surface area is 85.5 Å². The third-order valence-electron chi connectivity index (χ3n) is 2.19. The largest absolute Gasteiger partial charge is 0.481 e. The standard InChI is InChI=1S/C10H21NO3/c1-2-11(8-5-9-12)7-4-3-6-10(13)14/h12H,2-9H2,1H3,(H,13,14). The number of nitrogens with zero attached hydrogens (tertiary/aromatic N) is 1. The van der Waals surface area contributed by atoms with Crippen LogP contribution in [-0.4, -0.2) is 47.3 Å². The summed E-state index contributed by atoms with van der Waals surface area (Å²) < 4.78 is 0. The summed E-state index contributed by atoms with van der Waals surface area (Å²) in [5.41, 5.74) is 0. The Kier molecular flexibility index (Phi) is 8.57. The first-order chi connectivity index (χ1) is 6.70. The van der Waals surface area contributed by atoms with Crippen LogP contribution in [-0.2, 0) is 4.79 Å². The molecule has 0 atom stereocenters. The quantitative estimate of drug-likeness (QED) is 0.548. The van der Waals surface area contributed by atoms with E-state index in [-0.39, 0.29) is 13.0 Å². The van der Waals surface area contributed by atoms with Crippen LogP contribution in [0.2, 0.25) is 0 Å². The number of hydrogen-bond acceptors (Lipinski definition) is 3. The van der Waals surface area contributed by atoms with Gasteiger partial charge < -0.3 is 15.1 Å². The van der Waals surface area contributed by atoms with Crippen LogP contribution in [0.5, 0.6) is 0 Å². The van der Waals surface area contributed by atoms with Gasteiger partial charge in [-0.1, -0.05) is 6.92 Å². The lowest BCUT2D eigenvalue weighted by Crippen LogP contribution is -2.26. The van der Waals surface area contributed by atoms with Crippen molar-refractivity contribution >= 4 is 5.97 Å². The van der Waals surface area contributed by atoms with Crippen LogP contribution in [0.1, 0.15) is 32.6 Å². The second-order valence-electron chi connectivity index (χ2n) is 3.36. The third-order valence-corrected chi connectivity index (χ3v) is 2.19. The molecule has 0 saturated carbocycles. The molecule has 0 aliphatic carbocycles. The number of rotatable bonds is 9. The molecule has 0 unspecified atom stereocenters. The highest BCUT2D eigenvalue weighted by Crippen LogP contribution is 1.99. The maximum absolute atomic E-state index is 10.2. The van der Waals surface area contributed by atoms with Gasteiger partial charge in [0.05, 0.1) is 0 Å². The Morgan fingerprint density at radius 2 is 1.86 bits per heavy atom. The van der Waals surface area contributed by atoms with Gasteiger partial charge in [-0.05, 0) is 32.4 Å². The molecule has 0 saturated heterocycles. The zero-order valence-electron chi connectivity index (χ0n) is 8.91. The average molecular weight is 203 g/mol. The van der Waals surface area contributed by atoms with Gasteiger partial charge in [-0.3, -0.25) is 4.79 Å².